The Bertz CT molecular complexity index is 1120. The number of ether oxygens (including phenoxy) is 2. The van der Waals surface area contributed by atoms with E-state index in [1.807, 2.05) is 43.4 Å². The predicted molar refractivity (Wildman–Crippen MR) is 108 cm³/mol. The number of nitrogens with zero attached hydrogens (tertiary/aromatic N) is 1. The molecular formula is C22H16N2O2S. The first kappa shape index (κ1) is 16.2. The summed E-state index contributed by atoms with van der Waals surface area (Å²) in [6.45, 7) is 0.558. The summed E-state index contributed by atoms with van der Waals surface area (Å²) in [6.07, 6.45) is 0. The smallest absolute Gasteiger partial charge is 0.151 e. The van der Waals surface area contributed by atoms with Crippen LogP contribution in [-0.2, 0) is 16.9 Å². The minimum Gasteiger partial charge on any atom is -0.456 e. The maximum Gasteiger partial charge on any atom is 0.151 e. The summed E-state index contributed by atoms with van der Waals surface area (Å²) in [7, 11) is 1.89. The number of fused-ring (bicyclic) bond motifs is 6. The standard InChI is InChI=1S/C22H16N2O2S/c1-23-15-6-8-18-20(10-15)26-21-11-16(24-13-27)7-9-19(21)22(18)17-5-3-2-4-14(17)12-25-22/h2-11,23H,12H2,1H3. The molecule has 1 spiro atoms. The molecule has 0 saturated heterocycles. The normalized spacial score (nSPS) is 18.7. The highest BCUT2D eigenvalue weighted by atomic mass is 32.1. The number of benzene rings is 3. The van der Waals surface area contributed by atoms with Crippen molar-refractivity contribution in [2.75, 3.05) is 12.4 Å². The molecule has 132 valence electrons. The molecule has 5 rings (SSSR count). The fourth-order valence-electron chi connectivity index (χ4n) is 4.02. The molecule has 0 radical (unpaired) electrons. The minimum absolute atomic E-state index is 0.558. The lowest BCUT2D eigenvalue weighted by molar-refractivity contribution is 0.0200. The van der Waals surface area contributed by atoms with E-state index in [4.69, 9.17) is 21.7 Å². The zero-order chi connectivity index (χ0) is 18.4. The molecule has 0 fully saturated rings. The quantitative estimate of drug-likeness (QED) is 0.484. The monoisotopic (exact) mass is 372 g/mol. The predicted octanol–water partition coefficient (Wildman–Crippen LogP) is 5.39. The van der Waals surface area contributed by atoms with Gasteiger partial charge in [-0.1, -0.05) is 24.3 Å². The molecule has 1 N–H and O–H groups in total. The third-order valence-corrected chi connectivity index (χ3v) is 5.32. The third kappa shape index (κ3) is 2.26. The molecule has 3 aromatic carbocycles. The SMILES string of the molecule is CNc1ccc2c(c1)Oc1cc(N=C=S)ccc1C21OCc2ccccc21. The Balaban J connectivity index is 1.83. The zero-order valence-electron chi connectivity index (χ0n) is 14.7. The molecule has 0 saturated carbocycles. The van der Waals surface area contributed by atoms with Gasteiger partial charge in [0.25, 0.3) is 0 Å². The molecule has 0 aliphatic carbocycles. The topological polar surface area (TPSA) is 42.8 Å². The summed E-state index contributed by atoms with van der Waals surface area (Å²) in [5, 5.41) is 5.58. The molecule has 4 nitrogen and oxygen atoms in total. The highest BCUT2D eigenvalue weighted by molar-refractivity contribution is 7.78. The Morgan fingerprint density at radius 3 is 2.59 bits per heavy atom. The van der Waals surface area contributed by atoms with Crippen LogP contribution in [0.2, 0.25) is 0 Å². The van der Waals surface area contributed by atoms with Crippen molar-refractivity contribution in [3.05, 3.63) is 82.9 Å². The van der Waals surface area contributed by atoms with E-state index >= 15 is 0 Å². The largest absolute Gasteiger partial charge is 0.456 e. The number of hydrogen-bond acceptors (Lipinski definition) is 5. The number of hydrogen-bond donors (Lipinski definition) is 1. The summed E-state index contributed by atoms with van der Waals surface area (Å²) in [4.78, 5) is 4.10. The van der Waals surface area contributed by atoms with Gasteiger partial charge >= 0.3 is 0 Å². The van der Waals surface area contributed by atoms with Crippen molar-refractivity contribution in [3.8, 4) is 11.5 Å². The summed E-state index contributed by atoms with van der Waals surface area (Å²) < 4.78 is 12.8. The van der Waals surface area contributed by atoms with Gasteiger partial charge in [-0.2, -0.15) is 4.99 Å². The van der Waals surface area contributed by atoms with Crippen molar-refractivity contribution >= 4 is 28.8 Å². The van der Waals surface area contributed by atoms with Crippen molar-refractivity contribution in [2.45, 2.75) is 12.2 Å². The summed E-state index contributed by atoms with van der Waals surface area (Å²) >= 11 is 4.75. The lowest BCUT2D eigenvalue weighted by Crippen LogP contribution is -2.32. The number of anilines is 1. The highest BCUT2D eigenvalue weighted by Gasteiger charge is 2.49. The molecule has 0 aromatic heterocycles. The van der Waals surface area contributed by atoms with Gasteiger partial charge in [0.2, 0.25) is 0 Å². The Labute approximate surface area is 162 Å². The molecule has 5 heteroatoms. The van der Waals surface area contributed by atoms with Crippen molar-refractivity contribution < 1.29 is 9.47 Å². The molecule has 1 unspecified atom stereocenters. The minimum atomic E-state index is -0.689. The van der Waals surface area contributed by atoms with E-state index in [0.29, 0.717) is 12.3 Å². The Hall–Kier alpha value is -2.98. The number of rotatable bonds is 2. The molecule has 0 bridgehead atoms. The van der Waals surface area contributed by atoms with Gasteiger partial charge in [0.05, 0.1) is 17.5 Å². The average Bonchev–Trinajstić information content (AvgIpc) is 3.08. The lowest BCUT2D eigenvalue weighted by Gasteiger charge is -2.37. The number of thiocarbonyl (C=S) groups is 1. The molecule has 0 amide bonds. The number of isothiocyanates is 1. The van der Waals surface area contributed by atoms with Crippen LogP contribution in [0.3, 0.4) is 0 Å². The van der Waals surface area contributed by atoms with Crippen LogP contribution in [0.5, 0.6) is 11.5 Å². The average molecular weight is 372 g/mol. The summed E-state index contributed by atoms with van der Waals surface area (Å²) in [6, 6.07) is 20.3. The van der Waals surface area contributed by atoms with Crippen LogP contribution < -0.4 is 10.1 Å². The molecule has 2 aliphatic heterocycles. The van der Waals surface area contributed by atoms with Crippen LogP contribution in [0.4, 0.5) is 11.4 Å². The molecule has 2 heterocycles. The van der Waals surface area contributed by atoms with E-state index in [0.717, 1.165) is 33.9 Å². The number of aliphatic imine (C=N–C) groups is 1. The second-order valence-electron chi connectivity index (χ2n) is 6.57. The second-order valence-corrected chi connectivity index (χ2v) is 6.76. The van der Waals surface area contributed by atoms with Gasteiger partial charge in [-0.05, 0) is 47.6 Å². The second kappa shape index (κ2) is 6.03. The van der Waals surface area contributed by atoms with E-state index < -0.39 is 5.60 Å². The lowest BCUT2D eigenvalue weighted by atomic mass is 9.77. The van der Waals surface area contributed by atoms with E-state index in [-0.39, 0.29) is 0 Å². The molecule has 27 heavy (non-hydrogen) atoms. The first-order chi connectivity index (χ1) is 13.3. The first-order valence-corrected chi connectivity index (χ1v) is 9.12. The van der Waals surface area contributed by atoms with E-state index in [1.165, 1.54) is 5.56 Å². The van der Waals surface area contributed by atoms with Crippen LogP contribution in [0.1, 0.15) is 22.3 Å². The van der Waals surface area contributed by atoms with E-state index in [9.17, 15) is 0 Å². The maximum atomic E-state index is 6.51. The molecular weight excluding hydrogens is 356 g/mol. The van der Waals surface area contributed by atoms with Gasteiger partial charge in [-0.25, -0.2) is 0 Å². The fourth-order valence-corrected chi connectivity index (χ4v) is 4.13. The van der Waals surface area contributed by atoms with Crippen molar-refractivity contribution in [1.29, 1.82) is 0 Å². The Kier molecular flexibility index (Phi) is 3.62. The van der Waals surface area contributed by atoms with Gasteiger partial charge in [-0.15, -0.1) is 0 Å². The maximum absolute atomic E-state index is 6.51. The van der Waals surface area contributed by atoms with Gasteiger partial charge in [0.15, 0.2) is 5.60 Å². The van der Waals surface area contributed by atoms with Gasteiger partial charge in [0, 0.05) is 36.0 Å². The van der Waals surface area contributed by atoms with Crippen LogP contribution >= 0.6 is 12.2 Å². The van der Waals surface area contributed by atoms with E-state index in [2.05, 4.69) is 39.7 Å². The van der Waals surface area contributed by atoms with E-state index in [1.54, 1.807) is 0 Å². The van der Waals surface area contributed by atoms with Crippen LogP contribution in [0, 0.1) is 0 Å². The zero-order valence-corrected chi connectivity index (χ0v) is 15.5. The van der Waals surface area contributed by atoms with Crippen LogP contribution in [0.25, 0.3) is 0 Å². The molecule has 1 atom stereocenters. The third-order valence-electron chi connectivity index (χ3n) is 5.23. The fraction of sp³-hybridized carbons (Fsp3) is 0.136. The first-order valence-electron chi connectivity index (χ1n) is 8.71. The molecule has 3 aromatic rings. The highest BCUT2D eigenvalue weighted by Crippen LogP contribution is 2.56. The Morgan fingerprint density at radius 1 is 1.00 bits per heavy atom. The summed E-state index contributed by atoms with van der Waals surface area (Å²) in [5.41, 5.74) is 5.32. The number of nitrogens with one attached hydrogen (secondary N) is 1. The van der Waals surface area contributed by atoms with Crippen molar-refractivity contribution in [1.82, 2.24) is 0 Å². The Morgan fingerprint density at radius 2 is 1.78 bits per heavy atom. The van der Waals surface area contributed by atoms with Crippen molar-refractivity contribution in [2.24, 2.45) is 4.99 Å². The molecule has 2 aliphatic rings. The van der Waals surface area contributed by atoms with Crippen molar-refractivity contribution in [3.63, 3.8) is 0 Å². The van der Waals surface area contributed by atoms with Crippen LogP contribution in [-0.4, -0.2) is 12.2 Å². The van der Waals surface area contributed by atoms with Gasteiger partial charge in [-0.3, -0.25) is 0 Å². The van der Waals surface area contributed by atoms with Gasteiger partial charge in [0.1, 0.15) is 11.5 Å². The summed E-state index contributed by atoms with van der Waals surface area (Å²) in [5.74, 6) is 1.49. The van der Waals surface area contributed by atoms with Crippen LogP contribution in [0.15, 0.2) is 65.7 Å². The van der Waals surface area contributed by atoms with Gasteiger partial charge < -0.3 is 14.8 Å².